The Morgan fingerprint density at radius 2 is 1.77 bits per heavy atom. The van der Waals surface area contributed by atoms with Crippen molar-refractivity contribution in [1.82, 2.24) is 4.31 Å². The molecular formula is C23H24N2O5S. The van der Waals surface area contributed by atoms with Crippen LogP contribution in [0.25, 0.3) is 10.8 Å². The molecule has 0 atom stereocenters. The predicted octanol–water partition coefficient (Wildman–Crippen LogP) is 3.05. The molecule has 1 fully saturated rings. The fraction of sp³-hybridized carbons (Fsp3) is 0.261. The largest absolute Gasteiger partial charge is 0.495 e. The van der Waals surface area contributed by atoms with E-state index in [1.807, 2.05) is 42.5 Å². The predicted molar refractivity (Wildman–Crippen MR) is 119 cm³/mol. The van der Waals surface area contributed by atoms with Crippen molar-refractivity contribution >= 4 is 32.4 Å². The van der Waals surface area contributed by atoms with E-state index in [1.165, 1.54) is 17.5 Å². The van der Waals surface area contributed by atoms with E-state index in [4.69, 9.17) is 9.47 Å². The molecule has 8 heteroatoms. The summed E-state index contributed by atoms with van der Waals surface area (Å²) in [6.07, 6.45) is 0.0441. The zero-order valence-electron chi connectivity index (χ0n) is 17.2. The van der Waals surface area contributed by atoms with Gasteiger partial charge in [0.15, 0.2) is 0 Å². The Morgan fingerprint density at radius 3 is 2.52 bits per heavy atom. The maximum Gasteiger partial charge on any atom is 0.246 e. The highest BCUT2D eigenvalue weighted by molar-refractivity contribution is 7.89. The van der Waals surface area contributed by atoms with E-state index in [0.29, 0.717) is 24.5 Å². The van der Waals surface area contributed by atoms with E-state index < -0.39 is 10.0 Å². The number of fused-ring (bicyclic) bond motifs is 1. The second kappa shape index (κ2) is 9.05. The van der Waals surface area contributed by atoms with Gasteiger partial charge in [-0.05, 0) is 40.6 Å². The molecule has 31 heavy (non-hydrogen) atoms. The van der Waals surface area contributed by atoms with Gasteiger partial charge in [-0.3, -0.25) is 4.79 Å². The fourth-order valence-corrected chi connectivity index (χ4v) is 5.23. The average molecular weight is 441 g/mol. The molecule has 0 unspecified atom stereocenters. The molecule has 3 aromatic rings. The molecular weight excluding hydrogens is 416 g/mol. The number of ether oxygens (including phenoxy) is 2. The van der Waals surface area contributed by atoms with E-state index in [9.17, 15) is 13.2 Å². The number of hydrogen-bond acceptors (Lipinski definition) is 5. The summed E-state index contributed by atoms with van der Waals surface area (Å²) in [7, 11) is -2.32. The van der Waals surface area contributed by atoms with Crippen LogP contribution < -0.4 is 10.1 Å². The van der Waals surface area contributed by atoms with Crippen LogP contribution in [0, 0.1) is 0 Å². The minimum Gasteiger partial charge on any atom is -0.495 e. The number of anilines is 1. The van der Waals surface area contributed by atoms with Crippen molar-refractivity contribution < 1.29 is 22.7 Å². The zero-order chi connectivity index (χ0) is 21.8. The molecule has 1 N–H and O–H groups in total. The summed E-state index contributed by atoms with van der Waals surface area (Å²) in [5.41, 5.74) is 1.28. The van der Waals surface area contributed by atoms with Gasteiger partial charge in [0.25, 0.3) is 0 Å². The maximum atomic E-state index is 13.1. The lowest BCUT2D eigenvalue weighted by atomic mass is 10.1. The Labute approximate surface area is 181 Å². The van der Waals surface area contributed by atoms with Gasteiger partial charge in [-0.2, -0.15) is 4.31 Å². The number of nitrogens with zero attached hydrogens (tertiary/aromatic N) is 1. The van der Waals surface area contributed by atoms with Gasteiger partial charge < -0.3 is 14.8 Å². The van der Waals surface area contributed by atoms with Crippen LogP contribution in [0.3, 0.4) is 0 Å². The van der Waals surface area contributed by atoms with Gasteiger partial charge >= 0.3 is 0 Å². The Morgan fingerprint density at radius 1 is 1.03 bits per heavy atom. The van der Waals surface area contributed by atoms with Crippen molar-refractivity contribution in [3.63, 3.8) is 0 Å². The first-order chi connectivity index (χ1) is 15.0. The van der Waals surface area contributed by atoms with Gasteiger partial charge in [-0.25, -0.2) is 8.42 Å². The van der Waals surface area contributed by atoms with Crippen LogP contribution in [0.15, 0.2) is 65.6 Å². The molecule has 4 rings (SSSR count). The molecule has 162 valence electrons. The highest BCUT2D eigenvalue weighted by Crippen LogP contribution is 2.29. The Bertz CT molecular complexity index is 1200. The molecule has 0 aliphatic carbocycles. The van der Waals surface area contributed by atoms with Gasteiger partial charge in [-0.15, -0.1) is 0 Å². The average Bonchev–Trinajstić information content (AvgIpc) is 2.79. The van der Waals surface area contributed by atoms with Crippen molar-refractivity contribution in [3.05, 3.63) is 66.2 Å². The molecule has 7 nitrogen and oxygen atoms in total. The van der Waals surface area contributed by atoms with Gasteiger partial charge in [0.2, 0.25) is 15.9 Å². The molecule has 1 amide bonds. The van der Waals surface area contributed by atoms with Crippen LogP contribution in [0.4, 0.5) is 5.69 Å². The standard InChI is InChI=1S/C23H24N2O5S/c1-29-21-9-6-17(14-22(21)31(27,28)25-10-12-30-13-11-25)15-23(26)24-20-8-7-18-4-2-3-5-19(18)16-20/h2-9,14,16H,10-13,15H2,1H3,(H,24,26). The number of hydrogen-bond donors (Lipinski definition) is 1. The molecule has 1 aliphatic rings. The Kier molecular flexibility index (Phi) is 6.22. The fourth-order valence-electron chi connectivity index (χ4n) is 3.62. The van der Waals surface area contributed by atoms with Crippen LogP contribution in [-0.4, -0.2) is 52.0 Å². The molecule has 0 aromatic heterocycles. The first kappa shape index (κ1) is 21.3. The van der Waals surface area contributed by atoms with Gasteiger partial charge in [0, 0.05) is 18.8 Å². The topological polar surface area (TPSA) is 84.9 Å². The highest BCUT2D eigenvalue weighted by Gasteiger charge is 2.29. The lowest BCUT2D eigenvalue weighted by Gasteiger charge is -2.26. The number of rotatable bonds is 6. The third kappa shape index (κ3) is 4.71. The summed E-state index contributed by atoms with van der Waals surface area (Å²) in [6, 6.07) is 18.4. The summed E-state index contributed by atoms with van der Waals surface area (Å²) in [6.45, 7) is 1.29. The van der Waals surface area contributed by atoms with E-state index in [-0.39, 0.29) is 36.1 Å². The Hall–Kier alpha value is -2.94. The minimum atomic E-state index is -3.75. The van der Waals surface area contributed by atoms with E-state index in [2.05, 4.69) is 5.32 Å². The number of benzene rings is 3. The van der Waals surface area contributed by atoms with Crippen LogP contribution in [0.2, 0.25) is 0 Å². The second-order valence-electron chi connectivity index (χ2n) is 7.29. The van der Waals surface area contributed by atoms with Crippen molar-refractivity contribution in [2.75, 3.05) is 38.7 Å². The highest BCUT2D eigenvalue weighted by atomic mass is 32.2. The van der Waals surface area contributed by atoms with Crippen molar-refractivity contribution in [3.8, 4) is 5.75 Å². The van der Waals surface area contributed by atoms with Crippen molar-refractivity contribution in [2.24, 2.45) is 0 Å². The number of carbonyl (C=O) groups excluding carboxylic acids is 1. The summed E-state index contributed by atoms with van der Waals surface area (Å²) in [4.78, 5) is 12.7. The molecule has 0 bridgehead atoms. The molecule has 1 heterocycles. The molecule has 0 radical (unpaired) electrons. The lowest BCUT2D eigenvalue weighted by Crippen LogP contribution is -2.40. The molecule has 0 saturated carbocycles. The molecule has 1 saturated heterocycles. The van der Waals surface area contributed by atoms with Crippen LogP contribution in [0.1, 0.15) is 5.56 Å². The lowest BCUT2D eigenvalue weighted by molar-refractivity contribution is -0.115. The minimum absolute atomic E-state index is 0.0441. The number of amides is 1. The normalized spacial score (nSPS) is 15.0. The SMILES string of the molecule is COc1ccc(CC(=O)Nc2ccc3ccccc3c2)cc1S(=O)(=O)N1CCOCC1. The second-order valence-corrected chi connectivity index (χ2v) is 9.19. The summed E-state index contributed by atoms with van der Waals surface area (Å²) >= 11 is 0. The number of nitrogens with one attached hydrogen (secondary N) is 1. The third-order valence-electron chi connectivity index (χ3n) is 5.21. The van der Waals surface area contributed by atoms with Crippen molar-refractivity contribution in [1.29, 1.82) is 0 Å². The Balaban J connectivity index is 1.53. The maximum absolute atomic E-state index is 13.1. The summed E-state index contributed by atoms with van der Waals surface area (Å²) in [5.74, 6) is 0.0281. The zero-order valence-corrected chi connectivity index (χ0v) is 18.0. The van der Waals surface area contributed by atoms with Crippen LogP contribution in [0.5, 0.6) is 5.75 Å². The van der Waals surface area contributed by atoms with E-state index in [1.54, 1.807) is 12.1 Å². The first-order valence-electron chi connectivity index (χ1n) is 10.0. The number of carbonyl (C=O) groups is 1. The van der Waals surface area contributed by atoms with Gasteiger partial charge in [-0.1, -0.05) is 36.4 Å². The number of methoxy groups -OCH3 is 1. The molecule has 1 aliphatic heterocycles. The summed E-state index contributed by atoms with van der Waals surface area (Å²) in [5, 5.41) is 5.01. The van der Waals surface area contributed by atoms with Crippen LogP contribution >= 0.6 is 0 Å². The number of sulfonamides is 1. The monoisotopic (exact) mass is 440 g/mol. The number of morpholine rings is 1. The first-order valence-corrected chi connectivity index (χ1v) is 11.4. The third-order valence-corrected chi connectivity index (χ3v) is 7.13. The quantitative estimate of drug-likeness (QED) is 0.637. The van der Waals surface area contributed by atoms with E-state index >= 15 is 0 Å². The molecule has 3 aromatic carbocycles. The van der Waals surface area contributed by atoms with Gasteiger partial charge in [0.1, 0.15) is 10.6 Å². The molecule has 0 spiro atoms. The van der Waals surface area contributed by atoms with E-state index in [0.717, 1.165) is 10.8 Å². The van der Waals surface area contributed by atoms with Gasteiger partial charge in [0.05, 0.1) is 26.7 Å². The van der Waals surface area contributed by atoms with Crippen LogP contribution in [-0.2, 0) is 26.0 Å². The smallest absolute Gasteiger partial charge is 0.246 e. The summed E-state index contributed by atoms with van der Waals surface area (Å²) < 4.78 is 38.1. The van der Waals surface area contributed by atoms with Crippen molar-refractivity contribution in [2.45, 2.75) is 11.3 Å².